The number of benzene rings is 2. The smallest absolute Gasteiger partial charge is 0.339 e. The number of hydrogen-bond acceptors (Lipinski definition) is 7. The van der Waals surface area contributed by atoms with Gasteiger partial charge in [-0.25, -0.2) is 4.79 Å². The Bertz CT molecular complexity index is 1440. The van der Waals surface area contributed by atoms with Crippen molar-refractivity contribution in [1.29, 1.82) is 0 Å². The summed E-state index contributed by atoms with van der Waals surface area (Å²) in [6, 6.07) is 14.3. The number of fused-ring (bicyclic) bond motifs is 2. The van der Waals surface area contributed by atoms with Crippen molar-refractivity contribution < 1.29 is 13.9 Å². The third-order valence-corrected chi connectivity index (χ3v) is 6.96. The fraction of sp³-hybridized carbons (Fsp3) is 0.357. The average molecular weight is 474 g/mol. The van der Waals surface area contributed by atoms with E-state index in [1.165, 1.54) is 11.1 Å². The third kappa shape index (κ3) is 4.56. The average Bonchev–Trinajstić information content (AvgIpc) is 2.87. The van der Waals surface area contributed by atoms with E-state index in [0.717, 1.165) is 54.9 Å². The quantitative estimate of drug-likeness (QED) is 0.383. The van der Waals surface area contributed by atoms with E-state index < -0.39 is 0 Å². The highest BCUT2D eigenvalue weighted by molar-refractivity contribution is 5.91. The Balaban J connectivity index is 1.23. The van der Waals surface area contributed by atoms with Gasteiger partial charge in [-0.15, -0.1) is 0 Å². The molecule has 0 spiro atoms. The molecular formula is C28H31N3O4. The molecule has 1 aliphatic rings. The second-order valence-corrected chi connectivity index (χ2v) is 9.12. The van der Waals surface area contributed by atoms with Crippen molar-refractivity contribution >= 4 is 27.6 Å². The molecular weight excluding hydrogens is 442 g/mol. The first-order valence-corrected chi connectivity index (χ1v) is 12.0. The zero-order valence-corrected chi connectivity index (χ0v) is 20.8. The Morgan fingerprint density at radius 1 is 0.971 bits per heavy atom. The largest absolute Gasteiger partial charge is 0.493 e. The van der Waals surface area contributed by atoms with Gasteiger partial charge >= 0.3 is 5.63 Å². The number of aromatic nitrogens is 1. The molecule has 0 unspecified atom stereocenters. The molecule has 0 saturated carbocycles. The first-order chi connectivity index (χ1) is 16.9. The van der Waals surface area contributed by atoms with Crippen LogP contribution >= 0.6 is 0 Å². The standard InChI is InChI=1S/C28H31N3O4/c1-18-8-9-21-6-5-7-23(27(21)29-18)31-12-10-30(11-13-31)14-15-34-26-16-22-19(2)20(3)28(32)35-24(22)17-25(26)33-4/h5-9,16-17H,10-15H2,1-4H3. The molecule has 0 radical (unpaired) electrons. The summed E-state index contributed by atoms with van der Waals surface area (Å²) in [5.74, 6) is 1.22. The summed E-state index contributed by atoms with van der Waals surface area (Å²) in [6.45, 7) is 10.9. The fourth-order valence-corrected chi connectivity index (χ4v) is 4.70. The minimum absolute atomic E-state index is 0.320. The molecule has 7 heteroatoms. The summed E-state index contributed by atoms with van der Waals surface area (Å²) < 4.78 is 17.1. The first kappa shape index (κ1) is 23.2. The Morgan fingerprint density at radius 2 is 1.77 bits per heavy atom. The van der Waals surface area contributed by atoms with E-state index in [2.05, 4.69) is 40.1 Å². The highest BCUT2D eigenvalue weighted by Crippen LogP contribution is 2.34. The van der Waals surface area contributed by atoms with E-state index in [1.54, 1.807) is 20.1 Å². The molecule has 3 heterocycles. The van der Waals surface area contributed by atoms with Crippen LogP contribution in [0.2, 0.25) is 0 Å². The molecule has 2 aromatic carbocycles. The number of methoxy groups -OCH3 is 1. The van der Waals surface area contributed by atoms with Crippen LogP contribution in [-0.2, 0) is 0 Å². The van der Waals surface area contributed by atoms with Crippen LogP contribution in [0.25, 0.3) is 21.9 Å². The molecule has 35 heavy (non-hydrogen) atoms. The van der Waals surface area contributed by atoms with Gasteiger partial charge in [-0.3, -0.25) is 9.88 Å². The van der Waals surface area contributed by atoms with Crippen molar-refractivity contribution in [3.05, 3.63) is 69.7 Å². The van der Waals surface area contributed by atoms with Gasteiger partial charge in [0.05, 0.1) is 18.3 Å². The number of anilines is 1. The summed E-state index contributed by atoms with van der Waals surface area (Å²) in [5.41, 5.74) is 5.03. The fourth-order valence-electron chi connectivity index (χ4n) is 4.70. The normalized spacial score (nSPS) is 14.6. The number of rotatable bonds is 6. The minimum Gasteiger partial charge on any atom is -0.493 e. The first-order valence-electron chi connectivity index (χ1n) is 12.0. The van der Waals surface area contributed by atoms with E-state index in [1.807, 2.05) is 19.9 Å². The van der Waals surface area contributed by atoms with Crippen LogP contribution in [0.3, 0.4) is 0 Å². The summed E-state index contributed by atoms with van der Waals surface area (Å²) in [5, 5.41) is 2.04. The van der Waals surface area contributed by atoms with Crippen LogP contribution in [0.5, 0.6) is 11.5 Å². The highest BCUT2D eigenvalue weighted by Gasteiger charge is 2.20. The van der Waals surface area contributed by atoms with E-state index in [4.69, 9.17) is 18.9 Å². The maximum absolute atomic E-state index is 12.0. The Kier molecular flexibility index (Phi) is 6.34. The molecule has 182 valence electrons. The summed E-state index contributed by atoms with van der Waals surface area (Å²) in [6.07, 6.45) is 0. The molecule has 1 saturated heterocycles. The molecule has 5 rings (SSSR count). The number of nitrogens with zero attached hydrogens (tertiary/aromatic N) is 3. The lowest BCUT2D eigenvalue weighted by atomic mass is 10.1. The third-order valence-electron chi connectivity index (χ3n) is 6.96. The predicted molar refractivity (Wildman–Crippen MR) is 139 cm³/mol. The highest BCUT2D eigenvalue weighted by atomic mass is 16.5. The zero-order chi connectivity index (χ0) is 24.5. The van der Waals surface area contributed by atoms with Gasteiger partial charge in [-0.1, -0.05) is 18.2 Å². The van der Waals surface area contributed by atoms with Crippen molar-refractivity contribution in [3.8, 4) is 11.5 Å². The van der Waals surface area contributed by atoms with E-state index in [0.29, 0.717) is 29.3 Å². The number of ether oxygens (including phenoxy) is 2. The van der Waals surface area contributed by atoms with Gasteiger partial charge in [0.2, 0.25) is 0 Å². The lowest BCUT2D eigenvalue weighted by Crippen LogP contribution is -2.47. The Hall–Kier alpha value is -3.58. The van der Waals surface area contributed by atoms with E-state index in [9.17, 15) is 4.79 Å². The van der Waals surface area contributed by atoms with Crippen LogP contribution < -0.4 is 20.0 Å². The van der Waals surface area contributed by atoms with Gasteiger partial charge in [-0.05, 0) is 44.5 Å². The summed E-state index contributed by atoms with van der Waals surface area (Å²) in [4.78, 5) is 21.7. The van der Waals surface area contributed by atoms with Crippen LogP contribution in [0.4, 0.5) is 5.69 Å². The van der Waals surface area contributed by atoms with Crippen molar-refractivity contribution in [2.45, 2.75) is 20.8 Å². The maximum Gasteiger partial charge on any atom is 0.339 e. The SMILES string of the molecule is COc1cc2oc(=O)c(C)c(C)c2cc1OCCN1CCN(c2cccc3ccc(C)nc23)CC1. The molecule has 0 N–H and O–H groups in total. The van der Waals surface area contributed by atoms with Crippen LogP contribution in [0.15, 0.2) is 51.7 Å². The molecule has 0 amide bonds. The lowest BCUT2D eigenvalue weighted by Gasteiger charge is -2.36. The van der Waals surface area contributed by atoms with Gasteiger partial charge in [0.25, 0.3) is 0 Å². The minimum atomic E-state index is -0.320. The molecule has 0 bridgehead atoms. The van der Waals surface area contributed by atoms with E-state index in [-0.39, 0.29) is 5.63 Å². The second kappa shape index (κ2) is 9.58. The van der Waals surface area contributed by atoms with Crippen LogP contribution in [0, 0.1) is 20.8 Å². The summed E-state index contributed by atoms with van der Waals surface area (Å²) >= 11 is 0. The predicted octanol–water partition coefficient (Wildman–Crippen LogP) is 4.48. The van der Waals surface area contributed by atoms with Crippen LogP contribution in [0.1, 0.15) is 16.8 Å². The van der Waals surface area contributed by atoms with Gasteiger partial charge in [-0.2, -0.15) is 0 Å². The van der Waals surface area contributed by atoms with Gasteiger partial charge in [0.15, 0.2) is 11.5 Å². The van der Waals surface area contributed by atoms with Crippen molar-refractivity contribution in [3.63, 3.8) is 0 Å². The van der Waals surface area contributed by atoms with Gasteiger partial charge < -0.3 is 18.8 Å². The summed E-state index contributed by atoms with van der Waals surface area (Å²) in [7, 11) is 1.59. The van der Waals surface area contributed by atoms with Gasteiger partial charge in [0, 0.05) is 60.8 Å². The van der Waals surface area contributed by atoms with E-state index >= 15 is 0 Å². The zero-order valence-electron chi connectivity index (χ0n) is 20.8. The monoisotopic (exact) mass is 473 g/mol. The molecule has 2 aromatic heterocycles. The van der Waals surface area contributed by atoms with Crippen LogP contribution in [-0.4, -0.2) is 56.3 Å². The van der Waals surface area contributed by atoms with Crippen molar-refractivity contribution in [2.75, 3.05) is 51.3 Å². The lowest BCUT2D eigenvalue weighted by molar-refractivity contribution is 0.197. The number of pyridine rings is 1. The molecule has 7 nitrogen and oxygen atoms in total. The van der Waals surface area contributed by atoms with Gasteiger partial charge in [0.1, 0.15) is 12.2 Å². The Morgan fingerprint density at radius 3 is 2.54 bits per heavy atom. The van der Waals surface area contributed by atoms with Crippen molar-refractivity contribution in [1.82, 2.24) is 9.88 Å². The number of piperazine rings is 1. The van der Waals surface area contributed by atoms with Crippen molar-refractivity contribution in [2.24, 2.45) is 0 Å². The molecule has 0 atom stereocenters. The number of hydrogen-bond donors (Lipinski definition) is 0. The molecule has 4 aromatic rings. The topological polar surface area (TPSA) is 68.0 Å². The number of para-hydroxylation sites is 1. The molecule has 0 aliphatic carbocycles. The second-order valence-electron chi connectivity index (χ2n) is 9.12. The Labute approximate surface area is 204 Å². The molecule has 1 fully saturated rings. The molecule has 1 aliphatic heterocycles. The maximum atomic E-state index is 12.0. The number of aryl methyl sites for hydroxylation is 2.